The first-order valence-corrected chi connectivity index (χ1v) is 7.69. The van der Waals surface area contributed by atoms with Crippen LogP contribution in [-0.2, 0) is 6.42 Å². The highest BCUT2D eigenvalue weighted by Gasteiger charge is 2.12. The molecule has 0 bridgehead atoms. The van der Waals surface area contributed by atoms with Gasteiger partial charge >= 0.3 is 0 Å². The normalized spacial score (nSPS) is 11.9. The first-order chi connectivity index (χ1) is 9.72. The molecule has 0 saturated carbocycles. The molecule has 1 unspecified atom stereocenters. The minimum Gasteiger partial charge on any atom is -0.351 e. The molecule has 2 aromatic rings. The molecule has 0 heterocycles. The summed E-state index contributed by atoms with van der Waals surface area (Å²) < 4.78 is 0. The molecule has 0 spiro atoms. The van der Waals surface area contributed by atoms with E-state index < -0.39 is 0 Å². The molecule has 0 saturated heterocycles. The Balaban J connectivity index is 1.99. The van der Waals surface area contributed by atoms with Gasteiger partial charge in [-0.05, 0) is 23.6 Å². The summed E-state index contributed by atoms with van der Waals surface area (Å²) in [6.45, 7) is 2.63. The maximum atomic E-state index is 12.2. The summed E-state index contributed by atoms with van der Waals surface area (Å²) in [5.41, 5.74) is 3.01. The number of nitrogens with one attached hydrogen (secondary N) is 1. The van der Waals surface area contributed by atoms with Crippen LogP contribution >= 0.6 is 15.9 Å². The minimum atomic E-state index is -0.0113. The molecular weight excluding hydrogens is 314 g/mol. The van der Waals surface area contributed by atoms with E-state index in [0.717, 1.165) is 23.1 Å². The number of halogens is 1. The molecule has 2 rings (SSSR count). The monoisotopic (exact) mass is 331 g/mol. The molecule has 0 aromatic heterocycles. The molecular formula is C17H18BrNO. The van der Waals surface area contributed by atoms with Crippen LogP contribution in [-0.4, -0.2) is 12.5 Å². The molecule has 1 atom stereocenters. The Morgan fingerprint density at radius 1 is 1.10 bits per heavy atom. The number of carbonyl (C=O) groups is 1. The molecule has 20 heavy (non-hydrogen) atoms. The fourth-order valence-electron chi connectivity index (χ4n) is 2.11. The molecule has 0 radical (unpaired) electrons. The van der Waals surface area contributed by atoms with Gasteiger partial charge in [-0.2, -0.15) is 0 Å². The van der Waals surface area contributed by atoms with Crippen LogP contribution in [0, 0.1) is 0 Å². The van der Waals surface area contributed by atoms with Crippen LogP contribution in [0.2, 0.25) is 0 Å². The number of aryl methyl sites for hydroxylation is 1. The zero-order valence-corrected chi connectivity index (χ0v) is 13.1. The SMILES string of the molecule is CCc1ccccc1C(=O)NCC(Br)c1ccccc1. The standard InChI is InChI=1S/C17H18BrNO/c1-2-13-8-6-7-11-15(13)17(20)19-12-16(18)14-9-4-3-5-10-14/h3-11,16H,2,12H2,1H3,(H,19,20). The van der Waals surface area contributed by atoms with Crippen LogP contribution in [0.5, 0.6) is 0 Å². The Morgan fingerprint density at radius 3 is 2.45 bits per heavy atom. The van der Waals surface area contributed by atoms with Crippen molar-refractivity contribution in [1.29, 1.82) is 0 Å². The van der Waals surface area contributed by atoms with E-state index in [1.165, 1.54) is 0 Å². The van der Waals surface area contributed by atoms with Gasteiger partial charge in [-0.15, -0.1) is 0 Å². The van der Waals surface area contributed by atoms with E-state index in [4.69, 9.17) is 0 Å². The van der Waals surface area contributed by atoms with Crippen LogP contribution < -0.4 is 5.32 Å². The lowest BCUT2D eigenvalue weighted by molar-refractivity contribution is 0.0953. The third-order valence-electron chi connectivity index (χ3n) is 3.25. The predicted octanol–water partition coefficient (Wildman–Crippen LogP) is 4.12. The van der Waals surface area contributed by atoms with E-state index in [2.05, 4.69) is 28.2 Å². The van der Waals surface area contributed by atoms with Crippen molar-refractivity contribution in [1.82, 2.24) is 5.32 Å². The largest absolute Gasteiger partial charge is 0.351 e. The third kappa shape index (κ3) is 3.70. The van der Waals surface area contributed by atoms with Crippen LogP contribution in [0.3, 0.4) is 0 Å². The summed E-state index contributed by atoms with van der Waals surface area (Å²) >= 11 is 3.61. The molecule has 1 amide bonds. The molecule has 2 aromatic carbocycles. The average Bonchev–Trinajstić information content (AvgIpc) is 2.53. The van der Waals surface area contributed by atoms with Crippen LogP contribution in [0.4, 0.5) is 0 Å². The molecule has 3 heteroatoms. The van der Waals surface area contributed by atoms with E-state index in [-0.39, 0.29) is 10.7 Å². The van der Waals surface area contributed by atoms with Gasteiger partial charge in [-0.3, -0.25) is 4.79 Å². The zero-order valence-electron chi connectivity index (χ0n) is 11.5. The number of hydrogen-bond acceptors (Lipinski definition) is 1. The van der Waals surface area contributed by atoms with E-state index in [0.29, 0.717) is 6.54 Å². The van der Waals surface area contributed by atoms with Crippen molar-refractivity contribution in [2.45, 2.75) is 18.2 Å². The molecule has 2 nitrogen and oxygen atoms in total. The van der Waals surface area contributed by atoms with Gasteiger partial charge in [0, 0.05) is 12.1 Å². The Kier molecular flexibility index (Phi) is 5.36. The molecule has 0 fully saturated rings. The van der Waals surface area contributed by atoms with Crippen molar-refractivity contribution in [2.75, 3.05) is 6.54 Å². The van der Waals surface area contributed by atoms with Gasteiger partial charge in [-0.1, -0.05) is 71.4 Å². The van der Waals surface area contributed by atoms with Gasteiger partial charge in [0.05, 0.1) is 4.83 Å². The van der Waals surface area contributed by atoms with Crippen LogP contribution in [0.15, 0.2) is 54.6 Å². The number of amides is 1. The molecule has 0 aliphatic heterocycles. The highest BCUT2D eigenvalue weighted by molar-refractivity contribution is 9.09. The highest BCUT2D eigenvalue weighted by atomic mass is 79.9. The van der Waals surface area contributed by atoms with E-state index in [1.54, 1.807) is 0 Å². The number of hydrogen-bond donors (Lipinski definition) is 1. The van der Waals surface area contributed by atoms with Gasteiger partial charge in [0.25, 0.3) is 5.91 Å². The summed E-state index contributed by atoms with van der Waals surface area (Å²) in [6.07, 6.45) is 0.861. The molecule has 0 aliphatic carbocycles. The maximum absolute atomic E-state index is 12.2. The van der Waals surface area contributed by atoms with E-state index in [1.807, 2.05) is 54.6 Å². The van der Waals surface area contributed by atoms with Gasteiger partial charge in [0.2, 0.25) is 0 Å². The minimum absolute atomic E-state index is 0.0113. The average molecular weight is 332 g/mol. The highest BCUT2D eigenvalue weighted by Crippen LogP contribution is 2.21. The Morgan fingerprint density at radius 2 is 1.75 bits per heavy atom. The Labute approximate surface area is 128 Å². The summed E-state index contributed by atoms with van der Waals surface area (Å²) in [4.78, 5) is 12.4. The van der Waals surface area contributed by atoms with Crippen molar-refractivity contribution in [3.8, 4) is 0 Å². The lowest BCUT2D eigenvalue weighted by Crippen LogP contribution is -2.27. The topological polar surface area (TPSA) is 29.1 Å². The molecule has 1 N–H and O–H groups in total. The first kappa shape index (κ1) is 14.8. The van der Waals surface area contributed by atoms with Crippen molar-refractivity contribution in [3.05, 3.63) is 71.3 Å². The fourth-order valence-corrected chi connectivity index (χ4v) is 2.57. The lowest BCUT2D eigenvalue weighted by atomic mass is 10.0. The fraction of sp³-hybridized carbons (Fsp3) is 0.235. The lowest BCUT2D eigenvalue weighted by Gasteiger charge is -2.13. The smallest absolute Gasteiger partial charge is 0.251 e. The predicted molar refractivity (Wildman–Crippen MR) is 86.3 cm³/mol. The van der Waals surface area contributed by atoms with Crippen molar-refractivity contribution in [3.63, 3.8) is 0 Å². The summed E-state index contributed by atoms with van der Waals surface area (Å²) in [6, 6.07) is 17.8. The first-order valence-electron chi connectivity index (χ1n) is 6.77. The number of alkyl halides is 1. The van der Waals surface area contributed by atoms with Gasteiger partial charge < -0.3 is 5.32 Å². The van der Waals surface area contributed by atoms with Crippen molar-refractivity contribution in [2.24, 2.45) is 0 Å². The third-order valence-corrected chi connectivity index (χ3v) is 4.10. The number of rotatable bonds is 5. The van der Waals surface area contributed by atoms with Crippen LogP contribution in [0.25, 0.3) is 0 Å². The Hall–Kier alpha value is -1.61. The van der Waals surface area contributed by atoms with Crippen molar-refractivity contribution >= 4 is 21.8 Å². The second-order valence-electron chi connectivity index (χ2n) is 4.60. The van der Waals surface area contributed by atoms with Crippen LogP contribution in [0.1, 0.15) is 33.2 Å². The Bertz CT molecular complexity index is 568. The van der Waals surface area contributed by atoms with E-state index >= 15 is 0 Å². The second-order valence-corrected chi connectivity index (χ2v) is 5.70. The quantitative estimate of drug-likeness (QED) is 0.820. The summed E-state index contributed by atoms with van der Waals surface area (Å²) in [5, 5.41) is 2.99. The van der Waals surface area contributed by atoms with Gasteiger partial charge in [0.15, 0.2) is 0 Å². The van der Waals surface area contributed by atoms with E-state index in [9.17, 15) is 4.79 Å². The molecule has 104 valence electrons. The maximum Gasteiger partial charge on any atom is 0.251 e. The summed E-state index contributed by atoms with van der Waals surface area (Å²) in [7, 11) is 0. The van der Waals surface area contributed by atoms with Gasteiger partial charge in [0.1, 0.15) is 0 Å². The second kappa shape index (κ2) is 7.25. The van der Waals surface area contributed by atoms with Crippen molar-refractivity contribution < 1.29 is 4.79 Å². The number of carbonyl (C=O) groups excluding carboxylic acids is 1. The zero-order chi connectivity index (χ0) is 14.4. The van der Waals surface area contributed by atoms with Gasteiger partial charge in [-0.25, -0.2) is 0 Å². The number of benzene rings is 2. The molecule has 0 aliphatic rings. The summed E-state index contributed by atoms with van der Waals surface area (Å²) in [5.74, 6) is -0.0113.